The number of aromatic nitrogens is 2. The molecule has 0 aliphatic heterocycles. The van der Waals surface area contributed by atoms with E-state index >= 15 is 0 Å². The Hall–Kier alpha value is -1.52. The number of ether oxygens (including phenoxy) is 1. The molecule has 1 aromatic rings. The molecule has 5 nitrogen and oxygen atoms in total. The molecule has 1 aromatic heterocycles. The summed E-state index contributed by atoms with van der Waals surface area (Å²) in [7, 11) is 1.56. The van der Waals surface area contributed by atoms with Gasteiger partial charge in [-0.25, -0.2) is 4.98 Å². The second-order valence-electron chi connectivity index (χ2n) is 5.02. The SMILES string of the molecule is COc1ncnc(NCC2(C)CCCC2)c1N. The van der Waals surface area contributed by atoms with Gasteiger partial charge in [-0.1, -0.05) is 19.8 Å². The lowest BCUT2D eigenvalue weighted by Gasteiger charge is -2.24. The number of anilines is 2. The maximum Gasteiger partial charge on any atom is 0.242 e. The monoisotopic (exact) mass is 236 g/mol. The minimum Gasteiger partial charge on any atom is -0.479 e. The Kier molecular flexibility index (Phi) is 3.36. The number of nitrogens with one attached hydrogen (secondary N) is 1. The summed E-state index contributed by atoms with van der Waals surface area (Å²) >= 11 is 0. The molecule has 1 heterocycles. The van der Waals surface area contributed by atoms with Crippen LogP contribution in [0.25, 0.3) is 0 Å². The lowest BCUT2D eigenvalue weighted by atomic mass is 9.89. The molecule has 1 aliphatic carbocycles. The largest absolute Gasteiger partial charge is 0.479 e. The highest BCUT2D eigenvalue weighted by atomic mass is 16.5. The molecule has 1 fully saturated rings. The number of nitrogens with two attached hydrogens (primary N) is 1. The van der Waals surface area contributed by atoms with Crippen molar-refractivity contribution in [2.45, 2.75) is 32.6 Å². The summed E-state index contributed by atoms with van der Waals surface area (Å²) in [6.45, 7) is 3.21. The van der Waals surface area contributed by atoms with E-state index in [1.165, 1.54) is 32.0 Å². The predicted octanol–water partition coefficient (Wildman–Crippen LogP) is 2.06. The van der Waals surface area contributed by atoms with Crippen molar-refractivity contribution >= 4 is 11.5 Å². The summed E-state index contributed by atoms with van der Waals surface area (Å²) < 4.78 is 5.07. The van der Waals surface area contributed by atoms with Gasteiger partial charge in [0.2, 0.25) is 5.88 Å². The van der Waals surface area contributed by atoms with Crippen LogP contribution in [0.4, 0.5) is 11.5 Å². The third kappa shape index (κ3) is 2.60. The smallest absolute Gasteiger partial charge is 0.242 e. The molecule has 1 aliphatic rings. The van der Waals surface area contributed by atoms with Gasteiger partial charge in [0.1, 0.15) is 12.0 Å². The van der Waals surface area contributed by atoms with E-state index in [4.69, 9.17) is 10.5 Å². The Morgan fingerprint density at radius 2 is 2.12 bits per heavy atom. The van der Waals surface area contributed by atoms with Crippen LogP contribution in [0.3, 0.4) is 0 Å². The molecule has 0 saturated heterocycles. The van der Waals surface area contributed by atoms with Crippen molar-refractivity contribution in [3.63, 3.8) is 0 Å². The van der Waals surface area contributed by atoms with E-state index in [0.29, 0.717) is 22.8 Å². The van der Waals surface area contributed by atoms with Crippen molar-refractivity contribution < 1.29 is 4.74 Å². The molecule has 94 valence electrons. The number of nitrogens with zero attached hydrogens (tertiary/aromatic N) is 2. The van der Waals surface area contributed by atoms with E-state index < -0.39 is 0 Å². The normalized spacial score (nSPS) is 18.0. The second-order valence-corrected chi connectivity index (χ2v) is 5.02. The van der Waals surface area contributed by atoms with Crippen molar-refractivity contribution in [2.24, 2.45) is 5.41 Å². The van der Waals surface area contributed by atoms with E-state index in [1.807, 2.05) is 0 Å². The molecule has 0 unspecified atom stereocenters. The Morgan fingerprint density at radius 3 is 2.76 bits per heavy atom. The number of methoxy groups -OCH3 is 1. The first-order valence-corrected chi connectivity index (χ1v) is 6.03. The van der Waals surface area contributed by atoms with Gasteiger partial charge in [-0.3, -0.25) is 0 Å². The van der Waals surface area contributed by atoms with Gasteiger partial charge in [-0.15, -0.1) is 0 Å². The maximum absolute atomic E-state index is 5.91. The molecule has 0 aromatic carbocycles. The zero-order chi connectivity index (χ0) is 12.3. The van der Waals surface area contributed by atoms with E-state index in [2.05, 4.69) is 22.2 Å². The lowest BCUT2D eigenvalue weighted by Crippen LogP contribution is -2.24. The van der Waals surface area contributed by atoms with Crippen molar-refractivity contribution in [1.82, 2.24) is 9.97 Å². The molecular weight excluding hydrogens is 216 g/mol. The molecular formula is C12H20N4O. The average Bonchev–Trinajstić information content (AvgIpc) is 2.75. The van der Waals surface area contributed by atoms with Crippen molar-refractivity contribution in [3.05, 3.63) is 6.33 Å². The highest BCUT2D eigenvalue weighted by Gasteiger charge is 2.28. The van der Waals surface area contributed by atoms with Crippen LogP contribution < -0.4 is 15.8 Å². The summed E-state index contributed by atoms with van der Waals surface area (Å²) in [5, 5.41) is 3.31. The highest BCUT2D eigenvalue weighted by molar-refractivity contribution is 5.66. The zero-order valence-electron chi connectivity index (χ0n) is 10.5. The van der Waals surface area contributed by atoms with Crippen LogP contribution in [0.5, 0.6) is 5.88 Å². The molecule has 0 radical (unpaired) electrons. The Labute approximate surface area is 102 Å². The molecule has 0 bridgehead atoms. The lowest BCUT2D eigenvalue weighted by molar-refractivity contribution is 0.361. The standard InChI is InChI=1S/C12H20N4O/c1-12(5-3-4-6-12)7-14-10-9(13)11(17-2)16-8-15-10/h8H,3-7,13H2,1-2H3,(H,14,15,16). The van der Waals surface area contributed by atoms with Crippen molar-refractivity contribution in [3.8, 4) is 5.88 Å². The van der Waals surface area contributed by atoms with Crippen LogP contribution in [0.1, 0.15) is 32.6 Å². The average molecular weight is 236 g/mol. The fourth-order valence-corrected chi connectivity index (χ4v) is 2.39. The number of rotatable bonds is 4. The van der Waals surface area contributed by atoms with Gasteiger partial charge in [-0.05, 0) is 18.3 Å². The predicted molar refractivity (Wildman–Crippen MR) is 68.1 cm³/mol. The zero-order valence-corrected chi connectivity index (χ0v) is 10.5. The summed E-state index contributed by atoms with van der Waals surface area (Å²) in [6.07, 6.45) is 6.64. The first-order valence-electron chi connectivity index (χ1n) is 6.03. The summed E-state index contributed by atoms with van der Waals surface area (Å²) in [5.74, 6) is 1.10. The second kappa shape index (κ2) is 4.77. The van der Waals surface area contributed by atoms with Crippen LogP contribution in [-0.2, 0) is 0 Å². The minimum atomic E-state index is 0.366. The molecule has 0 amide bonds. The van der Waals surface area contributed by atoms with E-state index in [0.717, 1.165) is 6.54 Å². The third-order valence-corrected chi connectivity index (χ3v) is 3.53. The molecule has 0 atom stereocenters. The van der Waals surface area contributed by atoms with Gasteiger partial charge in [0.25, 0.3) is 0 Å². The summed E-state index contributed by atoms with van der Waals surface area (Å²) in [6, 6.07) is 0. The van der Waals surface area contributed by atoms with Crippen LogP contribution >= 0.6 is 0 Å². The number of nitrogen functional groups attached to an aromatic ring is 1. The molecule has 17 heavy (non-hydrogen) atoms. The van der Waals surface area contributed by atoms with Crippen LogP contribution in [0, 0.1) is 5.41 Å². The van der Waals surface area contributed by atoms with Gasteiger partial charge in [-0.2, -0.15) is 4.98 Å². The Morgan fingerprint density at radius 1 is 1.41 bits per heavy atom. The van der Waals surface area contributed by atoms with E-state index in [-0.39, 0.29) is 0 Å². The molecule has 1 saturated carbocycles. The Bertz CT molecular complexity index is 388. The van der Waals surface area contributed by atoms with Crippen molar-refractivity contribution in [1.29, 1.82) is 0 Å². The third-order valence-electron chi connectivity index (χ3n) is 3.53. The quantitative estimate of drug-likeness (QED) is 0.837. The number of hydrogen-bond acceptors (Lipinski definition) is 5. The van der Waals surface area contributed by atoms with E-state index in [9.17, 15) is 0 Å². The topological polar surface area (TPSA) is 73.1 Å². The van der Waals surface area contributed by atoms with Gasteiger partial charge in [0.05, 0.1) is 7.11 Å². The first-order chi connectivity index (χ1) is 8.14. The van der Waals surface area contributed by atoms with Crippen molar-refractivity contribution in [2.75, 3.05) is 24.7 Å². The van der Waals surface area contributed by atoms with Crippen LogP contribution in [-0.4, -0.2) is 23.6 Å². The summed E-state index contributed by atoms with van der Waals surface area (Å²) in [5.41, 5.74) is 6.76. The molecule has 2 rings (SSSR count). The summed E-state index contributed by atoms with van der Waals surface area (Å²) in [4.78, 5) is 8.11. The fourth-order valence-electron chi connectivity index (χ4n) is 2.39. The van der Waals surface area contributed by atoms with Gasteiger partial charge < -0.3 is 15.8 Å². The van der Waals surface area contributed by atoms with Gasteiger partial charge in [0.15, 0.2) is 5.82 Å². The molecule has 0 spiro atoms. The highest BCUT2D eigenvalue weighted by Crippen LogP contribution is 2.38. The number of hydrogen-bond donors (Lipinski definition) is 2. The maximum atomic E-state index is 5.91. The van der Waals surface area contributed by atoms with Gasteiger partial charge in [0, 0.05) is 6.54 Å². The fraction of sp³-hybridized carbons (Fsp3) is 0.667. The van der Waals surface area contributed by atoms with Gasteiger partial charge >= 0.3 is 0 Å². The molecule has 3 N–H and O–H groups in total. The van der Waals surface area contributed by atoms with Crippen LogP contribution in [0.2, 0.25) is 0 Å². The minimum absolute atomic E-state index is 0.366. The first kappa shape index (κ1) is 12.0. The van der Waals surface area contributed by atoms with Crippen LogP contribution in [0.15, 0.2) is 6.33 Å². The Balaban J connectivity index is 2.03. The molecule has 5 heteroatoms. The van der Waals surface area contributed by atoms with E-state index in [1.54, 1.807) is 7.11 Å².